The summed E-state index contributed by atoms with van der Waals surface area (Å²) in [4.78, 5) is 13.3. The molecule has 3 heteroatoms. The average molecular weight is 311 g/mol. The Bertz CT molecular complexity index is 642. The fourth-order valence-electron chi connectivity index (χ4n) is 2.03. The second-order valence-electron chi connectivity index (χ2n) is 5.35. The van der Waals surface area contributed by atoms with Crippen molar-refractivity contribution in [3.05, 3.63) is 71.9 Å². The number of allylic oxidation sites excluding steroid dienone is 1. The van der Waals surface area contributed by atoms with Gasteiger partial charge in [0.2, 0.25) is 0 Å². The Balaban J connectivity index is 1.95. The highest BCUT2D eigenvalue weighted by Crippen LogP contribution is 2.18. The second kappa shape index (κ2) is 7.85. The van der Waals surface area contributed by atoms with Crippen molar-refractivity contribution in [2.75, 3.05) is 11.6 Å². The molecule has 0 atom stereocenters. The van der Waals surface area contributed by atoms with Gasteiger partial charge < -0.3 is 5.32 Å². The molecule has 0 aliphatic rings. The van der Waals surface area contributed by atoms with Gasteiger partial charge in [0.25, 0.3) is 0 Å². The molecule has 2 aromatic rings. The maximum Gasteiger partial charge on any atom is 0.187 e. The zero-order valence-corrected chi connectivity index (χ0v) is 14.0. The number of hydrogen-bond acceptors (Lipinski definition) is 3. The van der Waals surface area contributed by atoms with E-state index in [0.29, 0.717) is 11.5 Å². The average Bonchev–Trinajstić information content (AvgIpc) is 2.55. The second-order valence-corrected chi connectivity index (χ2v) is 6.23. The van der Waals surface area contributed by atoms with Crippen molar-refractivity contribution < 1.29 is 4.79 Å². The molecular formula is C19H21NOS. The van der Waals surface area contributed by atoms with E-state index in [1.165, 1.54) is 10.5 Å². The van der Waals surface area contributed by atoms with Gasteiger partial charge >= 0.3 is 0 Å². The Hall–Kier alpha value is -2.00. The summed E-state index contributed by atoms with van der Waals surface area (Å²) < 4.78 is 0. The van der Waals surface area contributed by atoms with E-state index in [1.807, 2.05) is 54.8 Å². The molecule has 0 aliphatic heterocycles. The van der Waals surface area contributed by atoms with Crippen LogP contribution in [0.3, 0.4) is 0 Å². The van der Waals surface area contributed by atoms with E-state index in [1.54, 1.807) is 24.0 Å². The molecule has 0 aromatic heterocycles. The topological polar surface area (TPSA) is 29.1 Å². The van der Waals surface area contributed by atoms with E-state index in [9.17, 15) is 4.79 Å². The van der Waals surface area contributed by atoms with Gasteiger partial charge in [0.05, 0.1) is 0 Å². The molecule has 0 radical (unpaired) electrons. The Labute approximate surface area is 136 Å². The van der Waals surface area contributed by atoms with Crippen LogP contribution in [0, 0.1) is 0 Å². The first-order chi connectivity index (χ1) is 10.6. The number of thioether (sulfide) groups is 1. The van der Waals surface area contributed by atoms with Crippen LogP contribution in [0.4, 0.5) is 5.69 Å². The van der Waals surface area contributed by atoms with Crippen molar-refractivity contribution in [1.29, 1.82) is 0 Å². The highest BCUT2D eigenvalue weighted by molar-refractivity contribution is 7.98. The number of hydrogen-bond donors (Lipinski definition) is 1. The minimum absolute atomic E-state index is 0.00328. The van der Waals surface area contributed by atoms with Crippen LogP contribution < -0.4 is 5.32 Å². The van der Waals surface area contributed by atoms with Crippen molar-refractivity contribution in [3.8, 4) is 0 Å². The summed E-state index contributed by atoms with van der Waals surface area (Å²) in [5, 5.41) is 3.12. The Morgan fingerprint density at radius 2 is 1.68 bits per heavy atom. The Morgan fingerprint density at radius 3 is 2.23 bits per heavy atom. The quantitative estimate of drug-likeness (QED) is 0.443. The molecule has 0 saturated carbocycles. The maximum absolute atomic E-state index is 12.1. The lowest BCUT2D eigenvalue weighted by Gasteiger charge is -2.05. The summed E-state index contributed by atoms with van der Waals surface area (Å²) in [5.74, 6) is 0.481. The molecule has 0 amide bonds. The van der Waals surface area contributed by atoms with Crippen LogP contribution in [0.2, 0.25) is 0 Å². The summed E-state index contributed by atoms with van der Waals surface area (Å²) in [6, 6.07) is 15.9. The zero-order chi connectivity index (χ0) is 15.9. The third kappa shape index (κ3) is 4.50. The minimum Gasteiger partial charge on any atom is -0.362 e. The zero-order valence-electron chi connectivity index (χ0n) is 13.2. The predicted octanol–water partition coefficient (Wildman–Crippen LogP) is 5.34. The first-order valence-electron chi connectivity index (χ1n) is 7.31. The van der Waals surface area contributed by atoms with Crippen LogP contribution >= 0.6 is 11.8 Å². The van der Waals surface area contributed by atoms with Gasteiger partial charge in [-0.1, -0.05) is 38.1 Å². The maximum atomic E-state index is 12.1. The number of carbonyl (C=O) groups excluding carboxylic acids is 1. The Morgan fingerprint density at radius 1 is 1.05 bits per heavy atom. The molecule has 1 N–H and O–H groups in total. The molecular weight excluding hydrogens is 290 g/mol. The molecule has 0 saturated heterocycles. The predicted molar refractivity (Wildman–Crippen MR) is 95.8 cm³/mol. The Kier molecular flexibility index (Phi) is 5.84. The van der Waals surface area contributed by atoms with Crippen LogP contribution in [0.15, 0.2) is 65.7 Å². The summed E-state index contributed by atoms with van der Waals surface area (Å²) >= 11 is 1.71. The van der Waals surface area contributed by atoms with Crippen molar-refractivity contribution in [2.45, 2.75) is 24.7 Å². The highest BCUT2D eigenvalue weighted by Gasteiger charge is 2.03. The van der Waals surface area contributed by atoms with Gasteiger partial charge in [-0.05, 0) is 42.0 Å². The van der Waals surface area contributed by atoms with Gasteiger partial charge in [-0.2, -0.15) is 0 Å². The third-order valence-electron chi connectivity index (χ3n) is 3.44. The number of benzene rings is 2. The number of nitrogens with one attached hydrogen (secondary N) is 1. The molecule has 0 heterocycles. The van der Waals surface area contributed by atoms with Crippen LogP contribution in [0.25, 0.3) is 0 Å². The molecule has 0 bridgehead atoms. The lowest BCUT2D eigenvalue weighted by Crippen LogP contribution is -1.97. The molecule has 0 unspecified atom stereocenters. The molecule has 0 aliphatic carbocycles. The van der Waals surface area contributed by atoms with Crippen LogP contribution in [-0.2, 0) is 0 Å². The van der Waals surface area contributed by atoms with Gasteiger partial charge in [0.15, 0.2) is 5.78 Å². The van der Waals surface area contributed by atoms with Crippen molar-refractivity contribution >= 4 is 23.2 Å². The van der Waals surface area contributed by atoms with E-state index in [-0.39, 0.29) is 5.78 Å². The summed E-state index contributed by atoms with van der Waals surface area (Å²) in [6.07, 6.45) is 5.30. The molecule has 2 rings (SSSR count). The molecule has 114 valence electrons. The highest BCUT2D eigenvalue weighted by atomic mass is 32.2. The van der Waals surface area contributed by atoms with E-state index in [0.717, 1.165) is 5.69 Å². The summed E-state index contributed by atoms with van der Waals surface area (Å²) in [6.45, 7) is 4.28. The number of ketones is 1. The molecule has 2 nitrogen and oxygen atoms in total. The number of rotatable bonds is 6. The number of anilines is 1. The standard InChI is InChI=1S/C19H21NOS/c1-14(2)15-4-6-16(7-5-15)19(21)12-13-20-17-8-10-18(22-3)11-9-17/h4-14,20H,1-3H3. The fourth-order valence-corrected chi connectivity index (χ4v) is 2.44. The molecule has 0 fully saturated rings. The smallest absolute Gasteiger partial charge is 0.187 e. The first kappa shape index (κ1) is 16.4. The van der Waals surface area contributed by atoms with Gasteiger partial charge in [-0.15, -0.1) is 11.8 Å². The summed E-state index contributed by atoms with van der Waals surface area (Å²) in [5.41, 5.74) is 2.92. The normalized spacial score (nSPS) is 11.1. The van der Waals surface area contributed by atoms with Crippen molar-refractivity contribution in [2.24, 2.45) is 0 Å². The molecule has 2 aromatic carbocycles. The largest absolute Gasteiger partial charge is 0.362 e. The van der Waals surface area contributed by atoms with Gasteiger partial charge in [-0.3, -0.25) is 4.79 Å². The fraction of sp³-hybridized carbons (Fsp3) is 0.211. The SMILES string of the molecule is CSc1ccc(NC=CC(=O)c2ccc(C(C)C)cc2)cc1. The van der Waals surface area contributed by atoms with E-state index in [4.69, 9.17) is 0 Å². The van der Waals surface area contributed by atoms with E-state index >= 15 is 0 Å². The third-order valence-corrected chi connectivity index (χ3v) is 4.18. The van der Waals surface area contributed by atoms with E-state index in [2.05, 4.69) is 19.2 Å². The van der Waals surface area contributed by atoms with Crippen LogP contribution in [0.5, 0.6) is 0 Å². The summed E-state index contributed by atoms with van der Waals surface area (Å²) in [7, 11) is 0. The molecule has 0 spiro atoms. The van der Waals surface area contributed by atoms with Gasteiger partial charge in [0, 0.05) is 28.4 Å². The van der Waals surface area contributed by atoms with Gasteiger partial charge in [0.1, 0.15) is 0 Å². The van der Waals surface area contributed by atoms with E-state index < -0.39 is 0 Å². The first-order valence-corrected chi connectivity index (χ1v) is 8.54. The van der Waals surface area contributed by atoms with Crippen molar-refractivity contribution in [1.82, 2.24) is 0 Å². The lowest BCUT2D eigenvalue weighted by atomic mass is 10.0. The van der Waals surface area contributed by atoms with Crippen LogP contribution in [0.1, 0.15) is 35.7 Å². The lowest BCUT2D eigenvalue weighted by molar-refractivity contribution is 0.104. The molecule has 22 heavy (non-hydrogen) atoms. The number of carbonyl (C=O) groups is 1. The minimum atomic E-state index is 0.00328. The van der Waals surface area contributed by atoms with Gasteiger partial charge in [-0.25, -0.2) is 0 Å². The van der Waals surface area contributed by atoms with Crippen molar-refractivity contribution in [3.63, 3.8) is 0 Å². The monoisotopic (exact) mass is 311 g/mol. The van der Waals surface area contributed by atoms with Crippen LogP contribution in [-0.4, -0.2) is 12.0 Å².